The number of benzene rings is 1. The standard InChI is InChI=1S/C15H24N2O2S2/c1-4-9-17(12(2)3)10-11-21(18,19)14-7-5-13(6-8-14)15(16)20/h5-8,12H,4,9-11H2,1-3H3,(H2,16,20). The first-order chi connectivity index (χ1) is 9.77. The fourth-order valence-electron chi connectivity index (χ4n) is 2.10. The molecule has 0 saturated carbocycles. The number of rotatable bonds is 8. The Morgan fingerprint density at radius 2 is 1.81 bits per heavy atom. The van der Waals surface area contributed by atoms with Crippen molar-refractivity contribution in [3.63, 3.8) is 0 Å². The summed E-state index contributed by atoms with van der Waals surface area (Å²) in [6.07, 6.45) is 1.01. The lowest BCUT2D eigenvalue weighted by Crippen LogP contribution is -2.35. The van der Waals surface area contributed by atoms with E-state index in [1.165, 1.54) is 0 Å². The van der Waals surface area contributed by atoms with Crippen LogP contribution in [0.4, 0.5) is 0 Å². The van der Waals surface area contributed by atoms with Crippen LogP contribution in [0.5, 0.6) is 0 Å². The van der Waals surface area contributed by atoms with Gasteiger partial charge in [-0.3, -0.25) is 4.90 Å². The highest BCUT2D eigenvalue weighted by Gasteiger charge is 2.17. The largest absolute Gasteiger partial charge is 0.389 e. The van der Waals surface area contributed by atoms with Crippen molar-refractivity contribution in [1.29, 1.82) is 0 Å². The highest BCUT2D eigenvalue weighted by molar-refractivity contribution is 7.91. The summed E-state index contributed by atoms with van der Waals surface area (Å²) in [6.45, 7) is 7.72. The second-order valence-electron chi connectivity index (χ2n) is 5.34. The Labute approximate surface area is 133 Å². The highest BCUT2D eigenvalue weighted by Crippen LogP contribution is 2.13. The van der Waals surface area contributed by atoms with Gasteiger partial charge in [0.15, 0.2) is 9.84 Å². The molecule has 4 nitrogen and oxygen atoms in total. The molecule has 1 aromatic rings. The SMILES string of the molecule is CCCN(CCS(=O)(=O)c1ccc(C(N)=S)cc1)C(C)C. The van der Waals surface area contributed by atoms with Crippen LogP contribution >= 0.6 is 12.2 Å². The van der Waals surface area contributed by atoms with Crippen LogP contribution in [0.15, 0.2) is 29.2 Å². The fourth-order valence-corrected chi connectivity index (χ4v) is 3.49. The summed E-state index contributed by atoms with van der Waals surface area (Å²) in [4.78, 5) is 2.77. The summed E-state index contributed by atoms with van der Waals surface area (Å²) in [7, 11) is -3.28. The molecule has 0 heterocycles. The van der Waals surface area contributed by atoms with Crippen LogP contribution in [-0.4, -0.2) is 43.2 Å². The van der Waals surface area contributed by atoms with Crippen LogP contribution in [-0.2, 0) is 9.84 Å². The third-order valence-electron chi connectivity index (χ3n) is 3.39. The van der Waals surface area contributed by atoms with Gasteiger partial charge in [-0.15, -0.1) is 0 Å². The molecule has 1 aromatic carbocycles. The van der Waals surface area contributed by atoms with Gasteiger partial charge in [0.1, 0.15) is 4.99 Å². The molecule has 118 valence electrons. The van der Waals surface area contributed by atoms with Crippen molar-refractivity contribution >= 4 is 27.0 Å². The Balaban J connectivity index is 2.79. The lowest BCUT2D eigenvalue weighted by Gasteiger charge is -2.25. The van der Waals surface area contributed by atoms with E-state index in [-0.39, 0.29) is 10.7 Å². The van der Waals surface area contributed by atoms with Crippen molar-refractivity contribution < 1.29 is 8.42 Å². The number of hydrogen-bond donors (Lipinski definition) is 1. The van der Waals surface area contributed by atoms with Crippen molar-refractivity contribution in [2.24, 2.45) is 5.73 Å². The Morgan fingerprint density at radius 1 is 1.24 bits per heavy atom. The quantitative estimate of drug-likeness (QED) is 0.741. The van der Waals surface area contributed by atoms with E-state index in [1.54, 1.807) is 24.3 Å². The second kappa shape index (κ2) is 7.87. The molecule has 0 aliphatic carbocycles. The van der Waals surface area contributed by atoms with E-state index in [9.17, 15) is 8.42 Å². The molecular formula is C15H24N2O2S2. The van der Waals surface area contributed by atoms with Crippen molar-refractivity contribution in [1.82, 2.24) is 4.90 Å². The van der Waals surface area contributed by atoms with Gasteiger partial charge in [0.05, 0.1) is 10.6 Å². The van der Waals surface area contributed by atoms with Crippen molar-refractivity contribution in [2.75, 3.05) is 18.8 Å². The van der Waals surface area contributed by atoms with Crippen LogP contribution < -0.4 is 5.73 Å². The third kappa shape index (κ3) is 5.37. The van der Waals surface area contributed by atoms with Crippen LogP contribution in [0, 0.1) is 0 Å². The average Bonchev–Trinajstić information content (AvgIpc) is 2.43. The molecule has 1 rings (SSSR count). The molecule has 0 aliphatic heterocycles. The van der Waals surface area contributed by atoms with E-state index < -0.39 is 9.84 Å². The fraction of sp³-hybridized carbons (Fsp3) is 0.533. The van der Waals surface area contributed by atoms with Crippen molar-refractivity contribution in [2.45, 2.75) is 38.1 Å². The summed E-state index contributed by atoms with van der Waals surface area (Å²) < 4.78 is 24.7. The summed E-state index contributed by atoms with van der Waals surface area (Å²) in [5, 5.41) is 0. The zero-order chi connectivity index (χ0) is 16.0. The molecule has 0 radical (unpaired) electrons. The maximum Gasteiger partial charge on any atom is 0.179 e. The van der Waals surface area contributed by atoms with E-state index in [0.29, 0.717) is 23.0 Å². The monoisotopic (exact) mass is 328 g/mol. The first kappa shape index (κ1) is 18.1. The van der Waals surface area contributed by atoms with Crippen molar-refractivity contribution in [3.8, 4) is 0 Å². The van der Waals surface area contributed by atoms with E-state index in [4.69, 9.17) is 18.0 Å². The minimum atomic E-state index is -3.28. The van der Waals surface area contributed by atoms with Crippen LogP contribution in [0.25, 0.3) is 0 Å². The predicted octanol–water partition coefficient (Wildman–Crippen LogP) is 2.21. The Hall–Kier alpha value is -0.980. The van der Waals surface area contributed by atoms with Gasteiger partial charge in [0.25, 0.3) is 0 Å². The summed E-state index contributed by atoms with van der Waals surface area (Å²) in [6, 6.07) is 6.80. The molecule has 0 amide bonds. The Kier molecular flexibility index (Phi) is 6.77. The van der Waals surface area contributed by atoms with Crippen LogP contribution in [0.1, 0.15) is 32.8 Å². The van der Waals surface area contributed by atoms with Crippen molar-refractivity contribution in [3.05, 3.63) is 29.8 Å². The van der Waals surface area contributed by atoms with Gasteiger partial charge in [0.2, 0.25) is 0 Å². The molecule has 0 atom stereocenters. The summed E-state index contributed by atoms with van der Waals surface area (Å²) in [5.74, 6) is 0.123. The van der Waals surface area contributed by atoms with Gasteiger partial charge >= 0.3 is 0 Å². The van der Waals surface area contributed by atoms with Gasteiger partial charge in [-0.2, -0.15) is 0 Å². The molecule has 0 unspecified atom stereocenters. The van der Waals surface area contributed by atoms with Gasteiger partial charge in [0, 0.05) is 18.2 Å². The highest BCUT2D eigenvalue weighted by atomic mass is 32.2. The molecule has 0 spiro atoms. The molecule has 0 aromatic heterocycles. The van der Waals surface area contributed by atoms with E-state index in [1.807, 2.05) is 0 Å². The van der Waals surface area contributed by atoms with Gasteiger partial charge in [-0.1, -0.05) is 31.3 Å². The first-order valence-corrected chi connectivity index (χ1v) is 9.20. The average molecular weight is 329 g/mol. The van der Waals surface area contributed by atoms with Crippen LogP contribution in [0.3, 0.4) is 0 Å². The molecule has 2 N–H and O–H groups in total. The third-order valence-corrected chi connectivity index (χ3v) is 5.33. The van der Waals surface area contributed by atoms with E-state index >= 15 is 0 Å². The lowest BCUT2D eigenvalue weighted by atomic mass is 10.2. The molecule has 0 bridgehead atoms. The molecule has 0 aliphatic rings. The number of hydrogen-bond acceptors (Lipinski definition) is 4. The Bertz CT molecular complexity index is 566. The summed E-state index contributed by atoms with van der Waals surface area (Å²) in [5.41, 5.74) is 6.19. The molecule has 0 fully saturated rings. The van der Waals surface area contributed by atoms with Gasteiger partial charge in [-0.05, 0) is 38.9 Å². The van der Waals surface area contributed by atoms with Gasteiger partial charge < -0.3 is 5.73 Å². The topological polar surface area (TPSA) is 63.4 Å². The van der Waals surface area contributed by atoms with Gasteiger partial charge in [-0.25, -0.2) is 8.42 Å². The van der Waals surface area contributed by atoms with Crippen LogP contribution in [0.2, 0.25) is 0 Å². The predicted molar refractivity (Wildman–Crippen MR) is 91.4 cm³/mol. The second-order valence-corrected chi connectivity index (χ2v) is 7.89. The smallest absolute Gasteiger partial charge is 0.179 e. The molecular weight excluding hydrogens is 304 g/mol. The minimum Gasteiger partial charge on any atom is -0.389 e. The maximum atomic E-state index is 12.4. The van der Waals surface area contributed by atoms with E-state index in [0.717, 1.165) is 13.0 Å². The normalized spacial score (nSPS) is 12.0. The number of thiocarbonyl (C=S) groups is 1. The molecule has 6 heteroatoms. The molecule has 0 saturated heterocycles. The van der Waals surface area contributed by atoms with E-state index in [2.05, 4.69) is 25.7 Å². The zero-order valence-electron chi connectivity index (χ0n) is 12.9. The Morgan fingerprint density at radius 3 is 2.24 bits per heavy atom. The summed E-state index contributed by atoms with van der Waals surface area (Å²) >= 11 is 4.86. The number of nitrogens with zero attached hydrogens (tertiary/aromatic N) is 1. The zero-order valence-corrected chi connectivity index (χ0v) is 14.5. The number of nitrogens with two attached hydrogens (primary N) is 1. The molecule has 21 heavy (non-hydrogen) atoms. The first-order valence-electron chi connectivity index (χ1n) is 7.14. The minimum absolute atomic E-state index is 0.123. The maximum absolute atomic E-state index is 12.4. The lowest BCUT2D eigenvalue weighted by molar-refractivity contribution is 0.235. The number of sulfone groups is 1.